The van der Waals surface area contributed by atoms with Gasteiger partial charge in [-0.15, -0.1) is 11.3 Å². The molecule has 0 bridgehead atoms. The molecule has 7 nitrogen and oxygen atoms in total. The van der Waals surface area contributed by atoms with Crippen LogP contribution in [0.3, 0.4) is 0 Å². The lowest BCUT2D eigenvalue weighted by atomic mass is 10.2. The average molecular weight is 362 g/mol. The molecule has 0 radical (unpaired) electrons. The van der Waals surface area contributed by atoms with Crippen molar-refractivity contribution in [2.24, 2.45) is 0 Å². The molecule has 25 heavy (non-hydrogen) atoms. The smallest absolute Gasteiger partial charge is 0.306 e. The number of esters is 1. The summed E-state index contributed by atoms with van der Waals surface area (Å²) in [4.78, 5) is 38.3. The number of nitrogens with zero attached hydrogens (tertiary/aromatic N) is 1. The maximum atomic E-state index is 11.8. The average Bonchev–Trinajstić information content (AvgIpc) is 3.06. The second kappa shape index (κ2) is 8.93. The number of nitrogens with one attached hydrogen (secondary N) is 1. The number of Topliss-reactive ketones (excluding diaryl/α,β-unsaturated/α-hetero) is 1. The van der Waals surface area contributed by atoms with E-state index in [0.717, 1.165) is 17.0 Å². The Bertz CT molecular complexity index is 755. The van der Waals surface area contributed by atoms with Crippen molar-refractivity contribution >= 4 is 34.1 Å². The van der Waals surface area contributed by atoms with Gasteiger partial charge in [-0.05, 0) is 31.2 Å². The first-order valence-electron chi connectivity index (χ1n) is 7.53. The molecule has 2 rings (SSSR count). The summed E-state index contributed by atoms with van der Waals surface area (Å²) < 4.78 is 9.91. The number of benzene rings is 1. The van der Waals surface area contributed by atoms with E-state index in [1.54, 1.807) is 7.11 Å². The van der Waals surface area contributed by atoms with Crippen molar-refractivity contribution in [1.29, 1.82) is 0 Å². The molecule has 1 amide bonds. The number of rotatable bonds is 8. The molecule has 0 saturated heterocycles. The number of carbonyl (C=O) groups excluding carboxylic acids is 3. The molecule has 1 heterocycles. The van der Waals surface area contributed by atoms with Crippen LogP contribution in [0.5, 0.6) is 5.75 Å². The molecule has 0 fully saturated rings. The van der Waals surface area contributed by atoms with E-state index in [1.807, 2.05) is 29.6 Å². The molecule has 1 aromatic carbocycles. The summed E-state index contributed by atoms with van der Waals surface area (Å²) in [6, 6.07) is 7.40. The summed E-state index contributed by atoms with van der Waals surface area (Å²) in [7, 11) is 1.60. The predicted molar refractivity (Wildman–Crippen MR) is 93.6 cm³/mol. The minimum Gasteiger partial charge on any atom is -0.497 e. The van der Waals surface area contributed by atoms with Crippen LogP contribution in [0.15, 0.2) is 29.6 Å². The molecular weight excluding hydrogens is 344 g/mol. The molecule has 0 aliphatic rings. The minimum atomic E-state index is -0.580. The third-order valence-corrected chi connectivity index (χ3v) is 3.94. The number of hydrogen-bond acceptors (Lipinski definition) is 7. The first-order valence-corrected chi connectivity index (χ1v) is 8.40. The van der Waals surface area contributed by atoms with Crippen molar-refractivity contribution in [2.75, 3.05) is 19.0 Å². The summed E-state index contributed by atoms with van der Waals surface area (Å²) in [6.45, 7) is 0.983. The molecule has 1 aromatic heterocycles. The number of aromatic nitrogens is 1. The highest BCUT2D eigenvalue weighted by molar-refractivity contribution is 7.14. The number of carbonyl (C=O) groups is 3. The van der Waals surface area contributed by atoms with Crippen LogP contribution in [-0.2, 0) is 19.1 Å². The van der Waals surface area contributed by atoms with Crippen molar-refractivity contribution in [3.63, 3.8) is 0 Å². The number of hydrogen-bond donors (Lipinski definition) is 1. The van der Waals surface area contributed by atoms with E-state index >= 15 is 0 Å². The zero-order valence-electron chi connectivity index (χ0n) is 13.9. The topological polar surface area (TPSA) is 94.6 Å². The van der Waals surface area contributed by atoms with Crippen molar-refractivity contribution in [3.05, 3.63) is 29.6 Å². The number of anilines is 1. The molecular formula is C17H18N2O5S. The molecule has 0 unspecified atom stereocenters. The fraction of sp³-hybridized carbons (Fsp3) is 0.294. The van der Waals surface area contributed by atoms with Crippen LogP contribution in [0.2, 0.25) is 0 Å². The first kappa shape index (κ1) is 18.6. The van der Waals surface area contributed by atoms with Gasteiger partial charge in [0.1, 0.15) is 11.5 Å². The van der Waals surface area contributed by atoms with E-state index in [2.05, 4.69) is 10.3 Å². The number of thiazole rings is 1. The molecule has 0 spiro atoms. The van der Waals surface area contributed by atoms with Gasteiger partial charge < -0.3 is 14.3 Å². The molecule has 0 aliphatic heterocycles. The van der Waals surface area contributed by atoms with E-state index in [4.69, 9.17) is 9.47 Å². The van der Waals surface area contributed by atoms with Gasteiger partial charge in [-0.2, -0.15) is 0 Å². The summed E-state index contributed by atoms with van der Waals surface area (Å²) in [5.41, 5.74) is 1.62. The molecule has 2 aromatic rings. The summed E-state index contributed by atoms with van der Waals surface area (Å²) >= 11 is 1.27. The molecule has 8 heteroatoms. The number of ether oxygens (including phenoxy) is 2. The van der Waals surface area contributed by atoms with E-state index in [-0.39, 0.29) is 18.6 Å². The van der Waals surface area contributed by atoms with Gasteiger partial charge in [-0.25, -0.2) is 4.98 Å². The number of amides is 1. The first-order chi connectivity index (χ1) is 12.0. The van der Waals surface area contributed by atoms with Crippen molar-refractivity contribution in [3.8, 4) is 17.0 Å². The Hall–Kier alpha value is -2.74. The molecule has 0 saturated carbocycles. The third-order valence-electron chi connectivity index (χ3n) is 3.18. The Morgan fingerprint density at radius 3 is 2.52 bits per heavy atom. The van der Waals surface area contributed by atoms with E-state index in [1.165, 1.54) is 18.3 Å². The number of ketones is 1. The Kier molecular flexibility index (Phi) is 6.64. The summed E-state index contributed by atoms with van der Waals surface area (Å²) in [6.07, 6.45) is 0.0830. The third kappa shape index (κ3) is 6.00. The summed E-state index contributed by atoms with van der Waals surface area (Å²) in [5.74, 6) is -0.412. The highest BCUT2D eigenvalue weighted by Crippen LogP contribution is 2.26. The standard InChI is InChI=1S/C17H18N2O5S/c1-11(20)3-8-16(22)24-9-15(21)19-17-18-14(10-25-17)12-4-6-13(23-2)7-5-12/h4-7,10H,3,8-9H2,1-2H3,(H,18,19,21). The van der Waals surface area contributed by atoms with E-state index < -0.39 is 18.5 Å². The fourth-order valence-electron chi connectivity index (χ4n) is 1.88. The second-order valence-corrected chi connectivity index (χ2v) is 6.04. The van der Waals surface area contributed by atoms with Crippen molar-refractivity contribution < 1.29 is 23.9 Å². The molecule has 0 atom stereocenters. The zero-order chi connectivity index (χ0) is 18.2. The van der Waals surface area contributed by atoms with Gasteiger partial charge >= 0.3 is 5.97 Å². The van der Waals surface area contributed by atoms with Crippen LogP contribution in [-0.4, -0.2) is 36.4 Å². The maximum absolute atomic E-state index is 11.8. The van der Waals surface area contributed by atoms with Crippen LogP contribution in [0, 0.1) is 0 Å². The Labute approximate surface area is 149 Å². The largest absolute Gasteiger partial charge is 0.497 e. The zero-order valence-corrected chi connectivity index (χ0v) is 14.7. The lowest BCUT2D eigenvalue weighted by Crippen LogP contribution is -2.21. The second-order valence-electron chi connectivity index (χ2n) is 5.18. The van der Waals surface area contributed by atoms with Gasteiger partial charge in [-0.1, -0.05) is 0 Å². The van der Waals surface area contributed by atoms with Crippen molar-refractivity contribution in [2.45, 2.75) is 19.8 Å². The van der Waals surface area contributed by atoms with Gasteiger partial charge in [0.2, 0.25) is 0 Å². The SMILES string of the molecule is COc1ccc(-c2csc(NC(=O)COC(=O)CCC(C)=O)n2)cc1. The maximum Gasteiger partial charge on any atom is 0.306 e. The van der Waals surface area contributed by atoms with Crippen molar-refractivity contribution in [1.82, 2.24) is 4.98 Å². The lowest BCUT2D eigenvalue weighted by molar-refractivity contribution is -0.148. The highest BCUT2D eigenvalue weighted by atomic mass is 32.1. The Balaban J connectivity index is 1.84. The molecule has 132 valence electrons. The number of methoxy groups -OCH3 is 1. The van der Waals surface area contributed by atoms with E-state index in [9.17, 15) is 14.4 Å². The van der Waals surface area contributed by atoms with Gasteiger partial charge in [0.25, 0.3) is 5.91 Å². The van der Waals surface area contributed by atoms with E-state index in [0.29, 0.717) is 5.13 Å². The lowest BCUT2D eigenvalue weighted by Gasteiger charge is -2.04. The quantitative estimate of drug-likeness (QED) is 0.726. The Morgan fingerprint density at radius 2 is 1.88 bits per heavy atom. The fourth-order valence-corrected chi connectivity index (χ4v) is 2.61. The predicted octanol–water partition coefficient (Wildman–Crippen LogP) is 2.67. The molecule has 1 N–H and O–H groups in total. The van der Waals surface area contributed by atoms with Gasteiger partial charge in [-0.3, -0.25) is 14.9 Å². The highest BCUT2D eigenvalue weighted by Gasteiger charge is 2.11. The summed E-state index contributed by atoms with van der Waals surface area (Å²) in [5, 5.41) is 4.80. The van der Waals surface area contributed by atoms with Gasteiger partial charge in [0, 0.05) is 17.4 Å². The van der Waals surface area contributed by atoms with Gasteiger partial charge in [0.05, 0.1) is 19.2 Å². The normalized spacial score (nSPS) is 10.2. The van der Waals surface area contributed by atoms with Crippen LogP contribution in [0.4, 0.5) is 5.13 Å². The minimum absolute atomic E-state index is 0.0263. The Morgan fingerprint density at radius 1 is 1.16 bits per heavy atom. The molecule has 0 aliphatic carbocycles. The monoisotopic (exact) mass is 362 g/mol. The van der Waals surface area contributed by atoms with Crippen LogP contribution in [0.1, 0.15) is 19.8 Å². The van der Waals surface area contributed by atoms with Gasteiger partial charge in [0.15, 0.2) is 11.7 Å². The van der Waals surface area contributed by atoms with Crippen LogP contribution in [0.25, 0.3) is 11.3 Å². The van der Waals surface area contributed by atoms with Crippen LogP contribution >= 0.6 is 11.3 Å². The van der Waals surface area contributed by atoms with Crippen LogP contribution < -0.4 is 10.1 Å².